The highest BCUT2D eigenvalue weighted by Crippen LogP contribution is 2.27. The number of ether oxygens (including phenoxy) is 1. The molecule has 0 spiro atoms. The zero-order valence-electron chi connectivity index (χ0n) is 13.0. The van der Waals surface area contributed by atoms with Gasteiger partial charge in [-0.15, -0.1) is 0 Å². The molecular weight excluding hydrogens is 294 g/mol. The minimum absolute atomic E-state index is 0.0277. The molecular formula is C17H19N3O3. The number of nitrogens with one attached hydrogen (secondary N) is 1. The van der Waals surface area contributed by atoms with E-state index in [1.807, 2.05) is 0 Å². The molecule has 2 aromatic rings. The number of rotatable bonds is 4. The monoisotopic (exact) mass is 313 g/mol. The lowest BCUT2D eigenvalue weighted by Crippen LogP contribution is -2.17. The van der Waals surface area contributed by atoms with E-state index in [1.165, 1.54) is 6.20 Å². The molecule has 6 heteroatoms. The normalized spacial score (nSPS) is 14.7. The van der Waals surface area contributed by atoms with Crippen molar-refractivity contribution in [3.05, 3.63) is 42.2 Å². The summed E-state index contributed by atoms with van der Waals surface area (Å²) in [7, 11) is 1.75. The Balaban J connectivity index is 1.58. The van der Waals surface area contributed by atoms with E-state index in [1.54, 1.807) is 42.2 Å². The number of aryl methyl sites for hydroxylation is 1. The van der Waals surface area contributed by atoms with Crippen molar-refractivity contribution in [2.24, 2.45) is 13.0 Å². The number of esters is 1. The van der Waals surface area contributed by atoms with Crippen molar-refractivity contribution in [3.8, 4) is 5.75 Å². The van der Waals surface area contributed by atoms with Crippen molar-refractivity contribution in [3.63, 3.8) is 0 Å². The molecule has 1 fully saturated rings. The summed E-state index contributed by atoms with van der Waals surface area (Å²) >= 11 is 0. The van der Waals surface area contributed by atoms with Crippen molar-refractivity contribution in [1.29, 1.82) is 0 Å². The van der Waals surface area contributed by atoms with Crippen LogP contribution in [0.15, 0.2) is 36.7 Å². The molecule has 1 heterocycles. The maximum atomic E-state index is 12.0. The van der Waals surface area contributed by atoms with Crippen LogP contribution in [0, 0.1) is 5.92 Å². The van der Waals surface area contributed by atoms with Gasteiger partial charge in [0.1, 0.15) is 5.75 Å². The highest BCUT2D eigenvalue weighted by atomic mass is 16.5. The van der Waals surface area contributed by atoms with Gasteiger partial charge in [-0.1, -0.05) is 12.8 Å². The molecule has 1 saturated carbocycles. The quantitative estimate of drug-likeness (QED) is 0.696. The first-order valence-electron chi connectivity index (χ1n) is 7.73. The standard InChI is InChI=1S/C17H19N3O3/c1-20-11-13(10-18-20)16(21)19-14-6-8-15(9-7-14)23-17(22)12-4-2-3-5-12/h6-12H,2-5H2,1H3,(H,19,21). The summed E-state index contributed by atoms with van der Waals surface area (Å²) in [5.41, 5.74) is 1.13. The van der Waals surface area contributed by atoms with Gasteiger partial charge >= 0.3 is 5.97 Å². The molecule has 120 valence electrons. The van der Waals surface area contributed by atoms with E-state index >= 15 is 0 Å². The second-order valence-electron chi connectivity index (χ2n) is 5.78. The van der Waals surface area contributed by atoms with Crippen LogP contribution in [0.25, 0.3) is 0 Å². The molecule has 1 aliphatic rings. The Labute approximate surface area is 134 Å². The fourth-order valence-electron chi connectivity index (χ4n) is 2.71. The van der Waals surface area contributed by atoms with Crippen LogP contribution in [-0.4, -0.2) is 21.7 Å². The molecule has 1 N–H and O–H groups in total. The van der Waals surface area contributed by atoms with Crippen LogP contribution < -0.4 is 10.1 Å². The van der Waals surface area contributed by atoms with Gasteiger partial charge in [0.05, 0.1) is 17.7 Å². The smallest absolute Gasteiger partial charge is 0.314 e. The van der Waals surface area contributed by atoms with Gasteiger partial charge in [0.15, 0.2) is 0 Å². The van der Waals surface area contributed by atoms with Gasteiger partial charge in [0.25, 0.3) is 5.91 Å². The summed E-state index contributed by atoms with van der Waals surface area (Å²) < 4.78 is 6.95. The Morgan fingerprint density at radius 2 is 1.91 bits per heavy atom. The number of anilines is 1. The number of carbonyl (C=O) groups is 2. The van der Waals surface area contributed by atoms with Crippen LogP contribution in [-0.2, 0) is 11.8 Å². The number of hydrogen-bond donors (Lipinski definition) is 1. The molecule has 0 aliphatic heterocycles. The molecule has 0 bridgehead atoms. The second kappa shape index (κ2) is 6.64. The zero-order chi connectivity index (χ0) is 16.2. The Bertz CT molecular complexity index is 700. The maximum absolute atomic E-state index is 12.0. The third-order valence-corrected chi connectivity index (χ3v) is 3.99. The first-order chi connectivity index (χ1) is 11.1. The van der Waals surface area contributed by atoms with Gasteiger partial charge in [-0.3, -0.25) is 14.3 Å². The summed E-state index contributed by atoms with van der Waals surface area (Å²) in [4.78, 5) is 24.0. The average Bonchev–Trinajstić information content (AvgIpc) is 3.20. The number of carbonyl (C=O) groups excluding carboxylic acids is 2. The number of hydrogen-bond acceptors (Lipinski definition) is 4. The van der Waals surface area contributed by atoms with Crippen molar-refractivity contribution in [1.82, 2.24) is 9.78 Å². The lowest BCUT2D eigenvalue weighted by molar-refractivity contribution is -0.138. The Kier molecular flexibility index (Phi) is 4.41. The summed E-state index contributed by atoms with van der Waals surface area (Å²) in [6, 6.07) is 6.80. The van der Waals surface area contributed by atoms with Crippen LogP contribution >= 0.6 is 0 Å². The van der Waals surface area contributed by atoms with Crippen molar-refractivity contribution in [2.45, 2.75) is 25.7 Å². The van der Waals surface area contributed by atoms with Gasteiger partial charge in [-0.05, 0) is 37.1 Å². The van der Waals surface area contributed by atoms with Crippen molar-refractivity contribution >= 4 is 17.6 Å². The molecule has 23 heavy (non-hydrogen) atoms. The van der Waals surface area contributed by atoms with Crippen LogP contribution in [0.3, 0.4) is 0 Å². The van der Waals surface area contributed by atoms with Gasteiger partial charge in [0.2, 0.25) is 0 Å². The fraction of sp³-hybridized carbons (Fsp3) is 0.353. The lowest BCUT2D eigenvalue weighted by Gasteiger charge is -2.10. The summed E-state index contributed by atoms with van der Waals surface area (Å²) in [6.45, 7) is 0. The fourth-order valence-corrected chi connectivity index (χ4v) is 2.71. The summed E-state index contributed by atoms with van der Waals surface area (Å²) in [5.74, 6) is 0.143. The van der Waals surface area contributed by atoms with E-state index in [9.17, 15) is 9.59 Å². The Hall–Kier alpha value is -2.63. The third-order valence-electron chi connectivity index (χ3n) is 3.99. The highest BCUT2D eigenvalue weighted by molar-refractivity contribution is 6.03. The lowest BCUT2D eigenvalue weighted by atomic mass is 10.1. The van der Waals surface area contributed by atoms with Gasteiger partial charge in [-0.25, -0.2) is 0 Å². The first-order valence-corrected chi connectivity index (χ1v) is 7.73. The molecule has 0 saturated heterocycles. The molecule has 1 amide bonds. The average molecular weight is 313 g/mol. The van der Waals surface area contributed by atoms with Crippen LogP contribution in [0.5, 0.6) is 5.75 Å². The first kappa shape index (κ1) is 15.3. The predicted octanol–water partition coefficient (Wildman–Crippen LogP) is 2.77. The van der Waals surface area contributed by atoms with Crippen LogP contribution in [0.4, 0.5) is 5.69 Å². The second-order valence-corrected chi connectivity index (χ2v) is 5.78. The molecule has 1 aliphatic carbocycles. The van der Waals surface area contributed by atoms with Crippen molar-refractivity contribution < 1.29 is 14.3 Å². The highest BCUT2D eigenvalue weighted by Gasteiger charge is 2.24. The molecule has 0 radical (unpaired) electrons. The van der Waals surface area contributed by atoms with E-state index in [0.29, 0.717) is 17.0 Å². The van der Waals surface area contributed by atoms with Crippen LogP contribution in [0.1, 0.15) is 36.0 Å². The molecule has 6 nitrogen and oxygen atoms in total. The van der Waals surface area contributed by atoms with Gasteiger partial charge < -0.3 is 10.1 Å². The van der Waals surface area contributed by atoms with E-state index in [-0.39, 0.29) is 17.8 Å². The SMILES string of the molecule is Cn1cc(C(=O)Nc2ccc(OC(=O)C3CCCC3)cc2)cn1. The Morgan fingerprint density at radius 1 is 1.22 bits per heavy atom. The van der Waals surface area contributed by atoms with Crippen molar-refractivity contribution in [2.75, 3.05) is 5.32 Å². The minimum Gasteiger partial charge on any atom is -0.426 e. The zero-order valence-corrected chi connectivity index (χ0v) is 13.0. The maximum Gasteiger partial charge on any atom is 0.314 e. The molecule has 1 aromatic carbocycles. The van der Waals surface area contributed by atoms with E-state index in [4.69, 9.17) is 4.74 Å². The van der Waals surface area contributed by atoms with E-state index in [0.717, 1.165) is 25.7 Å². The van der Waals surface area contributed by atoms with Gasteiger partial charge in [-0.2, -0.15) is 5.10 Å². The molecule has 0 atom stereocenters. The number of nitrogens with zero attached hydrogens (tertiary/aromatic N) is 2. The predicted molar refractivity (Wildman–Crippen MR) is 85.2 cm³/mol. The molecule has 0 unspecified atom stereocenters. The van der Waals surface area contributed by atoms with E-state index < -0.39 is 0 Å². The number of benzene rings is 1. The Morgan fingerprint density at radius 3 is 2.52 bits per heavy atom. The molecule has 1 aromatic heterocycles. The third kappa shape index (κ3) is 3.77. The minimum atomic E-state index is -0.228. The topological polar surface area (TPSA) is 73.2 Å². The summed E-state index contributed by atoms with van der Waals surface area (Å²) in [5, 5.41) is 6.74. The van der Waals surface area contributed by atoms with E-state index in [2.05, 4.69) is 10.4 Å². The molecule has 3 rings (SSSR count). The largest absolute Gasteiger partial charge is 0.426 e. The van der Waals surface area contributed by atoms with Crippen LogP contribution in [0.2, 0.25) is 0 Å². The van der Waals surface area contributed by atoms with Gasteiger partial charge in [0, 0.05) is 18.9 Å². The number of aromatic nitrogens is 2. The summed E-state index contributed by atoms with van der Waals surface area (Å²) in [6.07, 6.45) is 7.18. The number of amides is 1.